The van der Waals surface area contributed by atoms with Gasteiger partial charge in [0.15, 0.2) is 5.76 Å². The van der Waals surface area contributed by atoms with Crippen LogP contribution < -0.4 is 5.32 Å². The van der Waals surface area contributed by atoms with Crippen LogP contribution in [0.5, 0.6) is 0 Å². The molecule has 33 heavy (non-hydrogen) atoms. The molecule has 184 valence electrons. The Balaban J connectivity index is 1.87. The van der Waals surface area contributed by atoms with Gasteiger partial charge in [0.25, 0.3) is 5.91 Å². The third-order valence-electron chi connectivity index (χ3n) is 7.30. The van der Waals surface area contributed by atoms with Gasteiger partial charge in [-0.05, 0) is 56.2 Å². The van der Waals surface area contributed by atoms with Crippen molar-refractivity contribution in [3.8, 4) is 0 Å². The fourth-order valence-corrected chi connectivity index (χ4v) is 6.31. The molecule has 1 aliphatic rings. The van der Waals surface area contributed by atoms with E-state index in [0.717, 1.165) is 38.5 Å². The Morgan fingerprint density at radius 3 is 2.42 bits per heavy atom. The zero-order valence-corrected chi connectivity index (χ0v) is 21.6. The normalized spacial score (nSPS) is 21.6. The number of carbonyl (C=O) groups excluding carboxylic acids is 1. The molecule has 3 rings (SSSR count). The molecule has 0 bridgehead atoms. The van der Waals surface area contributed by atoms with E-state index in [1.807, 2.05) is 6.92 Å². The van der Waals surface area contributed by atoms with Crippen LogP contribution in [0.3, 0.4) is 0 Å². The van der Waals surface area contributed by atoms with E-state index in [1.165, 1.54) is 6.42 Å². The lowest BCUT2D eigenvalue weighted by molar-refractivity contribution is 0.0864. The monoisotopic (exact) mass is 476 g/mol. The summed E-state index contributed by atoms with van der Waals surface area (Å²) in [5, 5.41) is 3.85. The van der Waals surface area contributed by atoms with E-state index in [2.05, 4.69) is 33.0 Å². The van der Waals surface area contributed by atoms with Crippen LogP contribution in [0.25, 0.3) is 11.0 Å². The smallest absolute Gasteiger partial charge is 0.287 e. The molecule has 1 aromatic carbocycles. The van der Waals surface area contributed by atoms with Gasteiger partial charge in [0, 0.05) is 30.1 Å². The van der Waals surface area contributed by atoms with Gasteiger partial charge < -0.3 is 9.73 Å². The van der Waals surface area contributed by atoms with Crippen molar-refractivity contribution in [3.05, 3.63) is 29.5 Å². The van der Waals surface area contributed by atoms with Crippen LogP contribution in [0.2, 0.25) is 0 Å². The van der Waals surface area contributed by atoms with Crippen LogP contribution in [0.1, 0.15) is 88.8 Å². The summed E-state index contributed by atoms with van der Waals surface area (Å²) in [6.07, 6.45) is 6.83. The third kappa shape index (κ3) is 5.62. The zero-order valence-electron chi connectivity index (χ0n) is 20.8. The highest BCUT2D eigenvalue weighted by Crippen LogP contribution is 2.32. The maximum atomic E-state index is 13.4. The molecule has 1 fully saturated rings. The number of benzene rings is 1. The number of nitrogens with one attached hydrogen (secondary N) is 1. The van der Waals surface area contributed by atoms with Gasteiger partial charge in [-0.3, -0.25) is 4.79 Å². The van der Waals surface area contributed by atoms with Crippen LogP contribution in [0, 0.1) is 18.8 Å². The summed E-state index contributed by atoms with van der Waals surface area (Å²) in [4.78, 5) is 13.3. The van der Waals surface area contributed by atoms with Crippen LogP contribution in [-0.2, 0) is 10.0 Å². The summed E-state index contributed by atoms with van der Waals surface area (Å²) in [6.45, 7) is 11.4. The van der Waals surface area contributed by atoms with E-state index >= 15 is 0 Å². The third-order valence-corrected chi connectivity index (χ3v) is 9.19. The van der Waals surface area contributed by atoms with Gasteiger partial charge in [-0.15, -0.1) is 0 Å². The summed E-state index contributed by atoms with van der Waals surface area (Å²) >= 11 is 0. The number of furan rings is 1. The molecular weight excluding hydrogens is 436 g/mol. The first kappa shape index (κ1) is 25.8. The van der Waals surface area contributed by atoms with E-state index in [4.69, 9.17) is 4.42 Å². The highest BCUT2D eigenvalue weighted by atomic mass is 32.2. The van der Waals surface area contributed by atoms with Crippen molar-refractivity contribution in [1.29, 1.82) is 0 Å². The first-order chi connectivity index (χ1) is 15.7. The van der Waals surface area contributed by atoms with Crippen LogP contribution in [0.15, 0.2) is 27.5 Å². The molecule has 0 saturated heterocycles. The maximum Gasteiger partial charge on any atom is 0.287 e. The Morgan fingerprint density at radius 2 is 1.79 bits per heavy atom. The molecule has 2 aromatic rings. The molecule has 6 nitrogen and oxygen atoms in total. The van der Waals surface area contributed by atoms with Crippen molar-refractivity contribution in [3.63, 3.8) is 0 Å². The molecule has 1 N–H and O–H groups in total. The number of unbranched alkanes of at least 4 members (excludes halogenated alkanes) is 2. The van der Waals surface area contributed by atoms with Crippen molar-refractivity contribution in [2.75, 3.05) is 13.1 Å². The second-order valence-corrected chi connectivity index (χ2v) is 11.6. The van der Waals surface area contributed by atoms with E-state index in [1.54, 1.807) is 22.5 Å². The number of carbonyl (C=O) groups is 1. The lowest BCUT2D eigenvalue weighted by Crippen LogP contribution is -2.43. The molecule has 1 amide bonds. The first-order valence-electron chi connectivity index (χ1n) is 12.5. The second-order valence-electron chi connectivity index (χ2n) is 9.67. The Labute approximate surface area is 199 Å². The largest absolute Gasteiger partial charge is 0.451 e. The predicted molar refractivity (Wildman–Crippen MR) is 133 cm³/mol. The summed E-state index contributed by atoms with van der Waals surface area (Å²) in [6, 6.07) is 5.07. The number of aryl methyl sites for hydroxylation is 1. The minimum absolute atomic E-state index is 0.135. The van der Waals surface area contributed by atoms with E-state index in [0.29, 0.717) is 41.5 Å². The van der Waals surface area contributed by atoms with Gasteiger partial charge >= 0.3 is 0 Å². The van der Waals surface area contributed by atoms with Crippen molar-refractivity contribution >= 4 is 26.9 Å². The number of nitrogens with zero attached hydrogens (tertiary/aromatic N) is 1. The van der Waals surface area contributed by atoms with E-state index in [-0.39, 0.29) is 22.6 Å². The highest BCUT2D eigenvalue weighted by molar-refractivity contribution is 7.89. The van der Waals surface area contributed by atoms with Crippen molar-refractivity contribution in [2.45, 2.75) is 90.5 Å². The number of sulfonamides is 1. The molecule has 1 heterocycles. The van der Waals surface area contributed by atoms with Gasteiger partial charge in [-0.1, -0.05) is 53.4 Å². The average Bonchev–Trinajstić information content (AvgIpc) is 3.13. The number of amides is 1. The van der Waals surface area contributed by atoms with E-state index < -0.39 is 10.0 Å². The van der Waals surface area contributed by atoms with Crippen LogP contribution in [-0.4, -0.2) is 37.8 Å². The van der Waals surface area contributed by atoms with Crippen LogP contribution in [0.4, 0.5) is 0 Å². The molecule has 3 atom stereocenters. The number of hydrogen-bond acceptors (Lipinski definition) is 4. The molecule has 1 aliphatic carbocycles. The molecule has 1 saturated carbocycles. The fraction of sp³-hybridized carbons (Fsp3) is 0.654. The molecule has 0 spiro atoms. The summed E-state index contributed by atoms with van der Waals surface area (Å²) in [5.74, 6) is 1.06. The molecule has 1 aromatic heterocycles. The highest BCUT2D eigenvalue weighted by Gasteiger charge is 2.30. The minimum atomic E-state index is -3.61. The SMILES string of the molecule is CCCCN(CCCC)S(=O)(=O)c1ccc2oc(C(=O)N[C@@H]3CCC[C@H](C)[C@@H]3C)c(C)c2c1. The van der Waals surface area contributed by atoms with Crippen molar-refractivity contribution < 1.29 is 17.6 Å². The quantitative estimate of drug-likeness (QED) is 0.464. The lowest BCUT2D eigenvalue weighted by atomic mass is 9.78. The van der Waals surface area contributed by atoms with Gasteiger partial charge in [-0.25, -0.2) is 8.42 Å². The molecular formula is C26H40N2O4S. The minimum Gasteiger partial charge on any atom is -0.451 e. The molecule has 0 unspecified atom stereocenters. The van der Waals surface area contributed by atoms with Gasteiger partial charge in [0.2, 0.25) is 10.0 Å². The Kier molecular flexibility index (Phi) is 8.62. The van der Waals surface area contributed by atoms with Crippen LogP contribution >= 0.6 is 0 Å². The Bertz CT molecular complexity index is 1050. The zero-order chi connectivity index (χ0) is 24.2. The summed E-state index contributed by atoms with van der Waals surface area (Å²) in [5.41, 5.74) is 1.22. The molecule has 0 aliphatic heterocycles. The van der Waals surface area contributed by atoms with Gasteiger partial charge in [0.1, 0.15) is 5.58 Å². The summed E-state index contributed by atoms with van der Waals surface area (Å²) in [7, 11) is -3.61. The predicted octanol–water partition coefficient (Wildman–Crippen LogP) is 5.89. The molecule has 7 heteroatoms. The van der Waals surface area contributed by atoms with Crippen molar-refractivity contribution in [1.82, 2.24) is 9.62 Å². The topological polar surface area (TPSA) is 79.6 Å². The Morgan fingerprint density at radius 1 is 1.12 bits per heavy atom. The average molecular weight is 477 g/mol. The second kappa shape index (κ2) is 11.0. The van der Waals surface area contributed by atoms with Crippen molar-refractivity contribution in [2.24, 2.45) is 11.8 Å². The molecule has 0 radical (unpaired) electrons. The standard InChI is InChI=1S/C26H40N2O4S/c1-6-8-15-28(16-9-7-2)33(30,31)21-13-14-24-22(17-21)20(5)25(32-24)26(29)27-23-12-10-11-18(3)19(23)4/h13-14,17-19,23H,6-12,15-16H2,1-5H3,(H,27,29)/t18-,19-,23+/m0/s1. The summed E-state index contributed by atoms with van der Waals surface area (Å²) < 4.78 is 34.3. The Hall–Kier alpha value is -1.86. The maximum absolute atomic E-state index is 13.4. The van der Waals surface area contributed by atoms with E-state index in [9.17, 15) is 13.2 Å². The van der Waals surface area contributed by atoms with Gasteiger partial charge in [-0.2, -0.15) is 4.31 Å². The van der Waals surface area contributed by atoms with Gasteiger partial charge in [0.05, 0.1) is 4.90 Å². The number of fused-ring (bicyclic) bond motifs is 1. The first-order valence-corrected chi connectivity index (χ1v) is 14.0. The lowest BCUT2D eigenvalue weighted by Gasteiger charge is -2.34. The fourth-order valence-electron chi connectivity index (χ4n) is 4.77. The number of hydrogen-bond donors (Lipinski definition) is 1. The number of rotatable bonds is 10.